The van der Waals surface area contributed by atoms with Crippen LogP contribution in [0.3, 0.4) is 0 Å². The Morgan fingerprint density at radius 1 is 1.30 bits per heavy atom. The fraction of sp³-hybridized carbons (Fsp3) is 0.429. The van der Waals surface area contributed by atoms with Gasteiger partial charge in [0.1, 0.15) is 0 Å². The molecule has 1 aromatic rings. The Morgan fingerprint density at radius 2 is 2.05 bits per heavy atom. The van der Waals surface area contributed by atoms with E-state index in [-0.39, 0.29) is 17.7 Å². The molecule has 106 valence electrons. The molecular formula is C14H16ClN3O2. The first-order valence-corrected chi connectivity index (χ1v) is 7.15. The van der Waals surface area contributed by atoms with Crippen LogP contribution in [0.1, 0.15) is 18.4 Å². The lowest BCUT2D eigenvalue weighted by Gasteiger charge is -2.22. The number of anilines is 2. The molecule has 20 heavy (non-hydrogen) atoms. The Bertz CT molecular complexity index is 568. The van der Waals surface area contributed by atoms with Crippen LogP contribution in [0.4, 0.5) is 11.4 Å². The monoisotopic (exact) mass is 293 g/mol. The van der Waals surface area contributed by atoms with Crippen LogP contribution in [0.5, 0.6) is 0 Å². The summed E-state index contributed by atoms with van der Waals surface area (Å²) >= 11 is 6.16. The maximum atomic E-state index is 12.2. The van der Waals surface area contributed by atoms with Gasteiger partial charge in [-0.3, -0.25) is 9.59 Å². The first-order chi connectivity index (χ1) is 9.63. The van der Waals surface area contributed by atoms with E-state index in [1.807, 2.05) is 0 Å². The van der Waals surface area contributed by atoms with Crippen LogP contribution in [0.25, 0.3) is 0 Å². The minimum Gasteiger partial charge on any atom is -0.325 e. The van der Waals surface area contributed by atoms with E-state index in [1.54, 1.807) is 12.1 Å². The van der Waals surface area contributed by atoms with Gasteiger partial charge in [0.15, 0.2) is 0 Å². The van der Waals surface area contributed by atoms with Gasteiger partial charge in [-0.1, -0.05) is 11.6 Å². The van der Waals surface area contributed by atoms with Gasteiger partial charge in [-0.15, -0.1) is 0 Å². The summed E-state index contributed by atoms with van der Waals surface area (Å²) in [7, 11) is 0. The zero-order chi connectivity index (χ0) is 14.1. The normalized spacial score (nSPS) is 18.6. The van der Waals surface area contributed by atoms with E-state index in [0.29, 0.717) is 17.1 Å². The largest absolute Gasteiger partial charge is 0.325 e. The Hall–Kier alpha value is -1.59. The molecule has 0 spiro atoms. The van der Waals surface area contributed by atoms with Crippen LogP contribution in [0, 0.1) is 5.92 Å². The van der Waals surface area contributed by atoms with Crippen molar-refractivity contribution in [1.29, 1.82) is 0 Å². The number of rotatable bonds is 2. The van der Waals surface area contributed by atoms with Gasteiger partial charge in [-0.05, 0) is 43.6 Å². The highest BCUT2D eigenvalue weighted by Crippen LogP contribution is 2.33. The quantitative estimate of drug-likeness (QED) is 0.778. The van der Waals surface area contributed by atoms with Gasteiger partial charge in [0, 0.05) is 11.6 Å². The van der Waals surface area contributed by atoms with Gasteiger partial charge >= 0.3 is 0 Å². The van der Waals surface area contributed by atoms with Crippen LogP contribution in [-0.2, 0) is 16.0 Å². The van der Waals surface area contributed by atoms with Crippen molar-refractivity contribution in [2.75, 3.05) is 23.7 Å². The second-order valence-corrected chi connectivity index (χ2v) is 5.63. The predicted molar refractivity (Wildman–Crippen MR) is 78.0 cm³/mol. The van der Waals surface area contributed by atoms with Crippen LogP contribution in [-0.4, -0.2) is 24.9 Å². The van der Waals surface area contributed by atoms with E-state index in [4.69, 9.17) is 11.6 Å². The summed E-state index contributed by atoms with van der Waals surface area (Å²) in [4.78, 5) is 23.5. The molecule has 1 fully saturated rings. The Labute approximate surface area is 122 Å². The number of halogens is 1. The van der Waals surface area contributed by atoms with Crippen molar-refractivity contribution >= 4 is 34.8 Å². The topological polar surface area (TPSA) is 70.2 Å². The zero-order valence-corrected chi connectivity index (χ0v) is 11.7. The fourth-order valence-electron chi connectivity index (χ4n) is 2.66. The molecule has 0 aliphatic carbocycles. The van der Waals surface area contributed by atoms with Crippen molar-refractivity contribution in [3.05, 3.63) is 22.7 Å². The summed E-state index contributed by atoms with van der Waals surface area (Å²) in [5, 5.41) is 9.31. The number of hydrogen-bond acceptors (Lipinski definition) is 3. The molecular weight excluding hydrogens is 278 g/mol. The van der Waals surface area contributed by atoms with Gasteiger partial charge in [-0.25, -0.2) is 0 Å². The van der Waals surface area contributed by atoms with E-state index < -0.39 is 0 Å². The minimum atomic E-state index is -0.0436. The van der Waals surface area contributed by atoms with Gasteiger partial charge < -0.3 is 16.0 Å². The van der Waals surface area contributed by atoms with Gasteiger partial charge in [0.25, 0.3) is 0 Å². The Morgan fingerprint density at radius 3 is 2.80 bits per heavy atom. The number of carbonyl (C=O) groups excluding carboxylic acids is 2. The lowest BCUT2D eigenvalue weighted by Crippen LogP contribution is -2.34. The molecule has 2 aliphatic rings. The van der Waals surface area contributed by atoms with Crippen molar-refractivity contribution in [3.8, 4) is 0 Å². The summed E-state index contributed by atoms with van der Waals surface area (Å²) < 4.78 is 0. The molecule has 6 heteroatoms. The lowest BCUT2D eigenvalue weighted by atomic mass is 9.97. The third-order valence-corrected chi connectivity index (χ3v) is 4.10. The summed E-state index contributed by atoms with van der Waals surface area (Å²) in [5.41, 5.74) is 2.20. The van der Waals surface area contributed by atoms with Crippen molar-refractivity contribution in [1.82, 2.24) is 5.32 Å². The van der Waals surface area contributed by atoms with E-state index in [9.17, 15) is 9.59 Å². The van der Waals surface area contributed by atoms with Crippen LogP contribution < -0.4 is 16.0 Å². The molecule has 0 unspecified atom stereocenters. The van der Waals surface area contributed by atoms with E-state index in [0.717, 1.165) is 37.2 Å². The number of fused-ring (bicyclic) bond motifs is 1. The first kappa shape index (κ1) is 13.4. The predicted octanol–water partition coefficient (Wildman–Crippen LogP) is 1.77. The van der Waals surface area contributed by atoms with Crippen LogP contribution >= 0.6 is 11.6 Å². The number of hydrogen-bond donors (Lipinski definition) is 3. The Balaban J connectivity index is 1.76. The molecule has 0 radical (unpaired) electrons. The zero-order valence-electron chi connectivity index (χ0n) is 11.0. The molecule has 0 aromatic heterocycles. The molecule has 3 rings (SSSR count). The van der Waals surface area contributed by atoms with Crippen LogP contribution in [0.15, 0.2) is 12.1 Å². The number of nitrogens with one attached hydrogen (secondary N) is 3. The van der Waals surface area contributed by atoms with Crippen molar-refractivity contribution in [2.24, 2.45) is 5.92 Å². The van der Waals surface area contributed by atoms with Crippen molar-refractivity contribution in [2.45, 2.75) is 19.3 Å². The van der Waals surface area contributed by atoms with E-state index >= 15 is 0 Å². The molecule has 1 saturated heterocycles. The lowest BCUT2D eigenvalue weighted by molar-refractivity contribution is -0.120. The highest BCUT2D eigenvalue weighted by molar-refractivity contribution is 6.34. The second-order valence-electron chi connectivity index (χ2n) is 5.23. The maximum Gasteiger partial charge on any atom is 0.228 e. The van der Waals surface area contributed by atoms with Gasteiger partial charge in [0.2, 0.25) is 11.8 Å². The number of carbonyl (C=O) groups is 2. The molecule has 2 amide bonds. The summed E-state index contributed by atoms with van der Waals surface area (Å²) in [5.74, 6) is -0.0103. The van der Waals surface area contributed by atoms with E-state index in [2.05, 4.69) is 16.0 Å². The van der Waals surface area contributed by atoms with E-state index in [1.165, 1.54) is 0 Å². The summed E-state index contributed by atoms with van der Waals surface area (Å²) in [6, 6.07) is 3.48. The van der Waals surface area contributed by atoms with Gasteiger partial charge in [0.05, 0.1) is 17.1 Å². The maximum absolute atomic E-state index is 12.2. The molecule has 0 atom stereocenters. The highest BCUT2D eigenvalue weighted by atomic mass is 35.5. The fourth-order valence-corrected chi connectivity index (χ4v) is 2.87. The third kappa shape index (κ3) is 2.64. The van der Waals surface area contributed by atoms with Crippen molar-refractivity contribution < 1.29 is 9.59 Å². The first-order valence-electron chi connectivity index (χ1n) is 6.77. The molecule has 5 nitrogen and oxygen atoms in total. The number of piperidine rings is 1. The Kier molecular flexibility index (Phi) is 3.63. The summed E-state index contributed by atoms with van der Waals surface area (Å²) in [6.45, 7) is 1.74. The van der Waals surface area contributed by atoms with Crippen molar-refractivity contribution in [3.63, 3.8) is 0 Å². The highest BCUT2D eigenvalue weighted by Gasteiger charge is 2.23. The average molecular weight is 294 g/mol. The molecule has 0 bridgehead atoms. The molecule has 3 N–H and O–H groups in total. The number of amides is 2. The average Bonchev–Trinajstić information content (AvgIpc) is 2.79. The smallest absolute Gasteiger partial charge is 0.228 e. The van der Waals surface area contributed by atoms with Gasteiger partial charge in [-0.2, -0.15) is 0 Å². The molecule has 2 aliphatic heterocycles. The summed E-state index contributed by atoms with van der Waals surface area (Å²) in [6.07, 6.45) is 2.02. The minimum absolute atomic E-state index is 0.00522. The number of benzene rings is 1. The standard InChI is InChI=1S/C14H16ClN3O2/c15-10-7-11-9(6-13(19)17-11)5-12(10)18-14(20)8-1-3-16-4-2-8/h5,7-8,16H,1-4,6H2,(H,17,19)(H,18,20). The molecule has 0 saturated carbocycles. The molecule has 1 aromatic carbocycles. The van der Waals surface area contributed by atoms with Crippen LogP contribution in [0.2, 0.25) is 5.02 Å². The third-order valence-electron chi connectivity index (χ3n) is 3.79. The second kappa shape index (κ2) is 5.42. The SMILES string of the molecule is O=C1Cc2cc(NC(=O)C3CCNCC3)c(Cl)cc2N1. The molecule has 2 heterocycles.